The number of hydrazone groups is 1. The van der Waals surface area contributed by atoms with E-state index in [-0.39, 0.29) is 43.0 Å². The van der Waals surface area contributed by atoms with Crippen molar-refractivity contribution in [3.63, 3.8) is 0 Å². The smallest absolute Gasteiger partial charge is 0.487 e. The van der Waals surface area contributed by atoms with Gasteiger partial charge in [0.25, 0.3) is 5.91 Å². The summed E-state index contributed by atoms with van der Waals surface area (Å²) in [7, 11) is -1.54. The molecule has 0 saturated carbocycles. The highest BCUT2D eigenvalue weighted by atomic mass is 32.2. The Morgan fingerprint density at radius 1 is 1.29 bits per heavy atom. The molecule has 1 aliphatic rings. The largest absolute Gasteiger partial charge is 0.522 e. The average molecular weight is 633 g/mol. The third-order valence-corrected chi connectivity index (χ3v) is 6.64. The van der Waals surface area contributed by atoms with Crippen molar-refractivity contribution in [3.8, 4) is 5.75 Å². The van der Waals surface area contributed by atoms with Crippen molar-refractivity contribution in [2.24, 2.45) is 5.10 Å². The summed E-state index contributed by atoms with van der Waals surface area (Å²) in [6, 6.07) is 3.68. The number of halogens is 7. The molecular weight excluding hydrogens is 601 g/mol. The monoisotopic (exact) mass is 632 g/mol. The lowest BCUT2D eigenvalue weighted by Gasteiger charge is -2.31. The summed E-state index contributed by atoms with van der Waals surface area (Å²) < 4.78 is 109. The molecule has 2 unspecified atom stereocenters. The van der Waals surface area contributed by atoms with Gasteiger partial charge in [0, 0.05) is 30.3 Å². The van der Waals surface area contributed by atoms with Gasteiger partial charge in [-0.1, -0.05) is 13.0 Å². The molecule has 42 heavy (non-hydrogen) atoms. The maximum Gasteiger partial charge on any atom is 0.522 e. The molecule has 17 heteroatoms. The van der Waals surface area contributed by atoms with Gasteiger partial charge in [-0.3, -0.25) is 18.5 Å². The minimum absolute atomic E-state index is 0.0397. The highest BCUT2D eigenvalue weighted by Crippen LogP contribution is 2.33. The van der Waals surface area contributed by atoms with Gasteiger partial charge in [0.1, 0.15) is 17.3 Å². The number of piperidine rings is 1. The van der Waals surface area contributed by atoms with Crippen molar-refractivity contribution in [1.82, 2.24) is 15.6 Å². The van der Waals surface area contributed by atoms with Crippen molar-refractivity contribution in [2.75, 3.05) is 31.8 Å². The number of alkyl halides is 7. The summed E-state index contributed by atoms with van der Waals surface area (Å²) in [6.45, 7) is 2.67. The van der Waals surface area contributed by atoms with Crippen molar-refractivity contribution in [3.05, 3.63) is 40.7 Å². The Balaban J connectivity index is 2.27. The fourth-order valence-corrected chi connectivity index (χ4v) is 4.48. The first kappa shape index (κ1) is 35.0. The van der Waals surface area contributed by atoms with Crippen LogP contribution in [0.1, 0.15) is 43.4 Å². The lowest BCUT2D eigenvalue weighted by Crippen LogP contribution is -2.42. The summed E-state index contributed by atoms with van der Waals surface area (Å²) >= 11 is 0. The summed E-state index contributed by atoms with van der Waals surface area (Å²) in [5, 5.41) is 10.0. The quantitative estimate of drug-likeness (QED) is 0.0995. The SMILES string of the molecule is C=NN(CCCOC(F)(F)F)/C(NC(=O)CS(C)=O)=C1\CCC(c2ccc(OCC(F)(F)C(F)F)cc2CC)NC1=O. The topological polar surface area (TPSA) is 109 Å². The molecule has 2 rings (SSSR count). The zero-order valence-electron chi connectivity index (χ0n) is 22.7. The molecule has 1 aliphatic heterocycles. The van der Waals surface area contributed by atoms with Gasteiger partial charge < -0.3 is 15.4 Å². The van der Waals surface area contributed by atoms with Gasteiger partial charge in [-0.15, -0.1) is 13.2 Å². The third kappa shape index (κ3) is 10.6. The molecule has 2 amide bonds. The molecule has 1 fully saturated rings. The van der Waals surface area contributed by atoms with Crippen LogP contribution < -0.4 is 15.4 Å². The van der Waals surface area contributed by atoms with E-state index in [1.54, 1.807) is 6.92 Å². The lowest BCUT2D eigenvalue weighted by atomic mass is 9.90. The fraction of sp³-hybridized carbons (Fsp3) is 0.560. The number of carbonyl (C=O) groups excluding carboxylic acids is 2. The average Bonchev–Trinajstić information content (AvgIpc) is 2.90. The van der Waals surface area contributed by atoms with E-state index < -0.39 is 66.3 Å². The number of amides is 2. The molecule has 0 radical (unpaired) electrons. The van der Waals surface area contributed by atoms with E-state index in [2.05, 4.69) is 27.2 Å². The maximum atomic E-state index is 13.3. The predicted molar refractivity (Wildman–Crippen MR) is 139 cm³/mol. The van der Waals surface area contributed by atoms with Gasteiger partial charge in [-0.2, -0.15) is 13.9 Å². The first-order valence-electron chi connectivity index (χ1n) is 12.6. The molecule has 2 N–H and O–H groups in total. The Kier molecular flexibility index (Phi) is 12.8. The number of ether oxygens (including phenoxy) is 2. The van der Waals surface area contributed by atoms with Gasteiger partial charge >= 0.3 is 18.7 Å². The van der Waals surface area contributed by atoms with Crippen LogP contribution in [0.15, 0.2) is 34.7 Å². The number of aryl methyl sites for hydroxylation is 1. The number of nitrogens with one attached hydrogen (secondary N) is 2. The van der Waals surface area contributed by atoms with Gasteiger partial charge in [0.05, 0.1) is 18.2 Å². The van der Waals surface area contributed by atoms with E-state index in [0.29, 0.717) is 17.5 Å². The van der Waals surface area contributed by atoms with Gasteiger partial charge in [0.2, 0.25) is 5.91 Å². The van der Waals surface area contributed by atoms with Gasteiger partial charge in [-0.05, 0) is 48.9 Å². The number of hydrogen-bond donors (Lipinski definition) is 2. The molecular formula is C25H31F7N4O5S. The zero-order chi connectivity index (χ0) is 31.7. The standard InChI is InChI=1S/C25H31F7N4O5S/c1-4-15-12-16(40-14-24(28,29)23(26)27)6-7-17(15)19-9-8-18(22(38)34-19)21(35-20(37)13-42(3)39)36(33-2)10-5-11-41-25(30,31)32/h6-7,12,19,23H,2,4-5,8-11,13-14H2,1,3H3,(H,34,38)(H,35,37)/b21-18+. The van der Waals surface area contributed by atoms with E-state index in [4.69, 9.17) is 4.74 Å². The van der Waals surface area contributed by atoms with E-state index >= 15 is 0 Å². The summed E-state index contributed by atoms with van der Waals surface area (Å²) in [5.74, 6) is -6.31. The zero-order valence-corrected chi connectivity index (χ0v) is 23.6. The molecule has 1 aromatic carbocycles. The Morgan fingerprint density at radius 2 is 1.98 bits per heavy atom. The molecule has 2 atom stereocenters. The van der Waals surface area contributed by atoms with Crippen LogP contribution in [0, 0.1) is 0 Å². The van der Waals surface area contributed by atoms with Crippen LogP contribution in [-0.2, 0) is 31.5 Å². The molecule has 0 aromatic heterocycles. The summed E-state index contributed by atoms with van der Waals surface area (Å²) in [4.78, 5) is 25.6. The Bertz CT molecular complexity index is 1180. The minimum atomic E-state index is -4.84. The van der Waals surface area contributed by atoms with Crippen LogP contribution >= 0.6 is 0 Å². The highest BCUT2D eigenvalue weighted by Gasteiger charge is 2.42. The van der Waals surface area contributed by atoms with E-state index in [1.807, 2.05) is 0 Å². The Labute approximate surface area is 239 Å². The van der Waals surface area contributed by atoms with Crippen LogP contribution in [0.4, 0.5) is 30.7 Å². The number of hydrogen-bond acceptors (Lipinski definition) is 7. The van der Waals surface area contributed by atoms with Crippen LogP contribution in [0.25, 0.3) is 0 Å². The predicted octanol–water partition coefficient (Wildman–Crippen LogP) is 4.03. The number of rotatable bonds is 15. The maximum absolute atomic E-state index is 13.3. The van der Waals surface area contributed by atoms with E-state index in [9.17, 15) is 44.5 Å². The normalized spacial score (nSPS) is 17.9. The molecule has 9 nitrogen and oxygen atoms in total. The number of nitrogens with zero attached hydrogens (tertiary/aromatic N) is 2. The minimum Gasteiger partial charge on any atom is -0.487 e. The molecule has 1 heterocycles. The molecule has 0 bridgehead atoms. The fourth-order valence-electron chi connectivity index (χ4n) is 4.04. The summed E-state index contributed by atoms with van der Waals surface area (Å²) in [5.41, 5.74) is 1.26. The second-order valence-corrected chi connectivity index (χ2v) is 10.6. The second kappa shape index (κ2) is 15.3. The molecule has 0 spiro atoms. The van der Waals surface area contributed by atoms with Crippen molar-refractivity contribution >= 4 is 29.3 Å². The molecule has 1 aromatic rings. The lowest BCUT2D eigenvalue weighted by molar-refractivity contribution is -0.324. The van der Waals surface area contributed by atoms with E-state index in [0.717, 1.165) is 5.01 Å². The Hall–Kier alpha value is -3.21. The highest BCUT2D eigenvalue weighted by molar-refractivity contribution is 7.85. The van der Waals surface area contributed by atoms with Crippen molar-refractivity contribution in [2.45, 2.75) is 57.4 Å². The first-order valence-corrected chi connectivity index (χ1v) is 14.3. The van der Waals surface area contributed by atoms with Crippen LogP contribution in [0.3, 0.4) is 0 Å². The van der Waals surface area contributed by atoms with E-state index in [1.165, 1.54) is 24.5 Å². The second-order valence-electron chi connectivity index (χ2n) is 9.13. The summed E-state index contributed by atoms with van der Waals surface area (Å²) in [6.07, 6.45) is -6.92. The molecule has 0 aliphatic carbocycles. The van der Waals surface area contributed by atoms with Crippen molar-refractivity contribution < 1.29 is 54.0 Å². The van der Waals surface area contributed by atoms with Crippen LogP contribution in [-0.4, -0.2) is 78.2 Å². The van der Waals surface area contributed by atoms with Crippen LogP contribution in [0.2, 0.25) is 0 Å². The third-order valence-electron chi connectivity index (χ3n) is 5.97. The van der Waals surface area contributed by atoms with Gasteiger partial charge in [0.15, 0.2) is 6.61 Å². The van der Waals surface area contributed by atoms with Gasteiger partial charge in [-0.25, -0.2) is 13.8 Å². The van der Waals surface area contributed by atoms with Crippen molar-refractivity contribution in [1.29, 1.82) is 0 Å². The number of carbonyl (C=O) groups is 2. The molecule has 236 valence electrons. The first-order chi connectivity index (χ1) is 19.6. The van der Waals surface area contributed by atoms with Crippen LogP contribution in [0.5, 0.6) is 5.75 Å². The molecule has 1 saturated heterocycles. The Morgan fingerprint density at radius 3 is 2.52 bits per heavy atom. The number of benzene rings is 1.